The van der Waals surface area contributed by atoms with Crippen molar-refractivity contribution in [1.82, 2.24) is 0 Å². The fourth-order valence-electron chi connectivity index (χ4n) is 3.18. The molecule has 0 heterocycles. The number of hydrogen-bond donors (Lipinski definition) is 0. The molecule has 0 N–H and O–H groups in total. The minimum atomic E-state index is 0.0400. The van der Waals surface area contributed by atoms with E-state index in [0.717, 1.165) is 0 Å². The lowest BCUT2D eigenvalue weighted by Gasteiger charge is -2.31. The fraction of sp³-hybridized carbons (Fsp3) is 0.400. The molecule has 0 aliphatic heterocycles. The van der Waals surface area contributed by atoms with E-state index in [1.807, 2.05) is 12.1 Å². The Labute approximate surface area is 96.2 Å². The highest BCUT2D eigenvalue weighted by Crippen LogP contribution is 2.55. The zero-order chi connectivity index (χ0) is 11.2. The molecule has 0 saturated heterocycles. The lowest BCUT2D eigenvalue weighted by molar-refractivity contribution is -0.114. The molecular weight excluding hydrogens is 196 g/mol. The Balaban J connectivity index is 2.12. The molecule has 0 spiro atoms. The Bertz CT molecular complexity index is 454. The van der Waals surface area contributed by atoms with Crippen molar-refractivity contribution in [3.05, 3.63) is 47.5 Å². The van der Waals surface area contributed by atoms with Crippen LogP contribution in [-0.4, -0.2) is 5.78 Å². The minimum absolute atomic E-state index is 0.0400. The van der Waals surface area contributed by atoms with E-state index < -0.39 is 0 Å². The average molecular weight is 212 g/mol. The van der Waals surface area contributed by atoms with Crippen LogP contribution in [0.1, 0.15) is 31.7 Å². The molecule has 1 saturated carbocycles. The van der Waals surface area contributed by atoms with Crippen LogP contribution in [0.5, 0.6) is 0 Å². The van der Waals surface area contributed by atoms with Crippen LogP contribution in [-0.2, 0) is 10.2 Å². The van der Waals surface area contributed by atoms with E-state index in [1.165, 1.54) is 24.0 Å². The zero-order valence-corrected chi connectivity index (χ0v) is 9.57. The normalized spacial score (nSPS) is 29.3. The van der Waals surface area contributed by atoms with E-state index in [9.17, 15) is 4.79 Å². The summed E-state index contributed by atoms with van der Waals surface area (Å²) in [5, 5.41) is 0. The molecule has 0 amide bonds. The van der Waals surface area contributed by atoms with Gasteiger partial charge in [-0.05, 0) is 37.3 Å². The molecule has 0 radical (unpaired) electrons. The second kappa shape index (κ2) is 3.31. The molecule has 0 bridgehead atoms. The molecule has 2 aliphatic carbocycles. The Morgan fingerprint density at radius 1 is 1.19 bits per heavy atom. The van der Waals surface area contributed by atoms with Gasteiger partial charge in [0.2, 0.25) is 0 Å². The summed E-state index contributed by atoms with van der Waals surface area (Å²) in [6.07, 6.45) is 5.08. The Morgan fingerprint density at radius 2 is 1.88 bits per heavy atom. The fourth-order valence-corrected chi connectivity index (χ4v) is 3.18. The predicted molar refractivity (Wildman–Crippen MR) is 64.2 cm³/mol. The Morgan fingerprint density at radius 3 is 2.38 bits per heavy atom. The first kappa shape index (κ1) is 9.83. The maximum atomic E-state index is 11.7. The summed E-state index contributed by atoms with van der Waals surface area (Å²) in [5.41, 5.74) is 2.64. The van der Waals surface area contributed by atoms with Gasteiger partial charge in [-0.1, -0.05) is 35.9 Å². The molecule has 16 heavy (non-hydrogen) atoms. The topological polar surface area (TPSA) is 17.1 Å². The van der Waals surface area contributed by atoms with E-state index >= 15 is 0 Å². The van der Waals surface area contributed by atoms with E-state index in [2.05, 4.69) is 31.2 Å². The minimum Gasteiger partial charge on any atom is -0.295 e. The maximum Gasteiger partial charge on any atom is 0.156 e. The lowest BCUT2D eigenvalue weighted by Crippen LogP contribution is -2.28. The summed E-state index contributed by atoms with van der Waals surface area (Å²) in [6, 6.07) is 10.5. The second-order valence-corrected chi connectivity index (χ2v) is 5.08. The van der Waals surface area contributed by atoms with Crippen LogP contribution >= 0.6 is 0 Å². The van der Waals surface area contributed by atoms with E-state index in [1.54, 1.807) is 0 Å². The first-order valence-corrected chi connectivity index (χ1v) is 6.00. The standard InChI is InChI=1S/C15H16O/c1-11-9-14(16)10-15(11,13-7-8-13)12-5-3-2-4-6-12/h2-6,9,13H,7-8,10H2,1H3. The average Bonchev–Trinajstić information content (AvgIpc) is 3.07. The number of hydrogen-bond acceptors (Lipinski definition) is 1. The van der Waals surface area contributed by atoms with Crippen molar-refractivity contribution in [2.75, 3.05) is 0 Å². The smallest absolute Gasteiger partial charge is 0.156 e. The summed E-state index contributed by atoms with van der Waals surface area (Å²) in [4.78, 5) is 11.7. The maximum absolute atomic E-state index is 11.7. The number of ketones is 1. The summed E-state index contributed by atoms with van der Waals surface area (Å²) in [7, 11) is 0. The third-order valence-corrected chi connectivity index (χ3v) is 4.10. The highest BCUT2D eigenvalue weighted by molar-refractivity contribution is 5.95. The van der Waals surface area contributed by atoms with E-state index in [0.29, 0.717) is 18.1 Å². The SMILES string of the molecule is CC1=CC(=O)CC1(c1ccccc1)C1CC1. The summed E-state index contributed by atoms with van der Waals surface area (Å²) in [5.74, 6) is 0.992. The van der Waals surface area contributed by atoms with Crippen LogP contribution < -0.4 is 0 Å². The van der Waals surface area contributed by atoms with Crippen molar-refractivity contribution in [3.8, 4) is 0 Å². The number of benzene rings is 1. The quantitative estimate of drug-likeness (QED) is 0.735. The molecule has 1 atom stereocenters. The van der Waals surface area contributed by atoms with Gasteiger partial charge in [-0.25, -0.2) is 0 Å². The van der Waals surface area contributed by atoms with Crippen molar-refractivity contribution in [3.63, 3.8) is 0 Å². The zero-order valence-electron chi connectivity index (χ0n) is 9.57. The van der Waals surface area contributed by atoms with Gasteiger partial charge in [-0.2, -0.15) is 0 Å². The second-order valence-electron chi connectivity index (χ2n) is 5.08. The van der Waals surface area contributed by atoms with Crippen LogP contribution in [0.4, 0.5) is 0 Å². The van der Waals surface area contributed by atoms with Crippen molar-refractivity contribution in [1.29, 1.82) is 0 Å². The Hall–Kier alpha value is -1.37. The van der Waals surface area contributed by atoms with Gasteiger partial charge in [0.05, 0.1) is 0 Å². The van der Waals surface area contributed by atoms with Gasteiger partial charge in [-0.3, -0.25) is 4.79 Å². The third kappa shape index (κ3) is 1.27. The molecular formula is C15H16O. The van der Waals surface area contributed by atoms with E-state index in [4.69, 9.17) is 0 Å². The van der Waals surface area contributed by atoms with Crippen LogP contribution in [0.25, 0.3) is 0 Å². The van der Waals surface area contributed by atoms with Gasteiger partial charge in [0.15, 0.2) is 5.78 Å². The molecule has 0 aromatic heterocycles. The molecule has 1 heteroatoms. The first-order valence-electron chi connectivity index (χ1n) is 6.00. The van der Waals surface area contributed by atoms with Crippen LogP contribution in [0.2, 0.25) is 0 Å². The van der Waals surface area contributed by atoms with Crippen LogP contribution in [0.3, 0.4) is 0 Å². The van der Waals surface area contributed by atoms with Gasteiger partial charge < -0.3 is 0 Å². The van der Waals surface area contributed by atoms with Gasteiger partial charge >= 0.3 is 0 Å². The van der Waals surface area contributed by atoms with Gasteiger partial charge in [-0.15, -0.1) is 0 Å². The van der Waals surface area contributed by atoms with Crippen molar-refractivity contribution >= 4 is 5.78 Å². The third-order valence-electron chi connectivity index (χ3n) is 4.10. The number of carbonyl (C=O) groups is 1. The largest absolute Gasteiger partial charge is 0.295 e. The number of allylic oxidation sites excluding steroid dienone is 2. The van der Waals surface area contributed by atoms with Gasteiger partial charge in [0.25, 0.3) is 0 Å². The summed E-state index contributed by atoms with van der Waals surface area (Å²) < 4.78 is 0. The van der Waals surface area contributed by atoms with Crippen LogP contribution in [0.15, 0.2) is 42.0 Å². The van der Waals surface area contributed by atoms with Crippen molar-refractivity contribution < 1.29 is 4.79 Å². The first-order chi connectivity index (χ1) is 7.73. The molecule has 3 rings (SSSR count). The molecule has 82 valence electrons. The number of carbonyl (C=O) groups excluding carboxylic acids is 1. The summed E-state index contributed by atoms with van der Waals surface area (Å²) >= 11 is 0. The Kier molecular flexibility index (Phi) is 2.03. The van der Waals surface area contributed by atoms with Crippen molar-refractivity contribution in [2.45, 2.75) is 31.6 Å². The molecule has 1 fully saturated rings. The predicted octanol–water partition coefficient (Wildman–Crippen LogP) is 3.25. The monoisotopic (exact) mass is 212 g/mol. The van der Waals surface area contributed by atoms with Crippen molar-refractivity contribution in [2.24, 2.45) is 5.92 Å². The lowest BCUT2D eigenvalue weighted by atomic mass is 9.71. The highest BCUT2D eigenvalue weighted by atomic mass is 16.1. The van der Waals surface area contributed by atoms with Gasteiger partial charge in [0.1, 0.15) is 0 Å². The molecule has 1 unspecified atom stereocenters. The van der Waals surface area contributed by atoms with Crippen LogP contribution in [0, 0.1) is 5.92 Å². The highest BCUT2D eigenvalue weighted by Gasteiger charge is 2.50. The summed E-state index contributed by atoms with van der Waals surface area (Å²) in [6.45, 7) is 2.12. The molecule has 1 nitrogen and oxygen atoms in total. The van der Waals surface area contributed by atoms with E-state index in [-0.39, 0.29) is 5.41 Å². The van der Waals surface area contributed by atoms with Gasteiger partial charge in [0, 0.05) is 11.8 Å². The molecule has 1 aromatic rings. The molecule has 2 aliphatic rings. The number of rotatable bonds is 2. The molecule has 1 aromatic carbocycles.